The van der Waals surface area contributed by atoms with E-state index in [2.05, 4.69) is 5.32 Å². The number of carbonyl (C=O) groups excluding carboxylic acids is 1. The molecule has 0 bridgehead atoms. The maximum atomic E-state index is 12.4. The van der Waals surface area contributed by atoms with Crippen LogP contribution in [0.2, 0.25) is 0 Å². The van der Waals surface area contributed by atoms with E-state index in [1.54, 1.807) is 18.1 Å². The number of anilines is 1. The Morgan fingerprint density at radius 2 is 2.15 bits per heavy atom. The number of benzene rings is 1. The number of urea groups is 1. The van der Waals surface area contributed by atoms with Crippen molar-refractivity contribution in [3.05, 3.63) is 24.3 Å². The van der Waals surface area contributed by atoms with E-state index in [0.29, 0.717) is 6.54 Å². The predicted molar refractivity (Wildman–Crippen MR) is 80.0 cm³/mol. The molecule has 2 rings (SSSR count). The number of carbonyl (C=O) groups is 1. The first-order chi connectivity index (χ1) is 9.61. The van der Waals surface area contributed by atoms with Crippen molar-refractivity contribution in [2.75, 3.05) is 26.0 Å². The van der Waals surface area contributed by atoms with Gasteiger partial charge in [-0.25, -0.2) is 4.79 Å². The SMILES string of the molecule is COc1cccc(NC(=O)N(C)C2(CN)CCCC2)c1. The number of rotatable bonds is 4. The third-order valence-electron chi connectivity index (χ3n) is 4.25. The minimum atomic E-state index is -0.192. The number of amides is 2. The summed E-state index contributed by atoms with van der Waals surface area (Å²) in [6.45, 7) is 0.509. The fourth-order valence-corrected chi connectivity index (χ4v) is 2.83. The molecule has 0 aliphatic heterocycles. The van der Waals surface area contributed by atoms with E-state index in [1.807, 2.05) is 25.2 Å². The Kier molecular flexibility index (Phi) is 4.49. The molecule has 1 saturated carbocycles. The molecule has 5 nitrogen and oxygen atoms in total. The monoisotopic (exact) mass is 277 g/mol. The van der Waals surface area contributed by atoms with Crippen molar-refractivity contribution < 1.29 is 9.53 Å². The van der Waals surface area contributed by atoms with Crippen LogP contribution in [0.15, 0.2) is 24.3 Å². The first-order valence-corrected chi connectivity index (χ1v) is 7.00. The number of likely N-dealkylation sites (N-methyl/N-ethyl adjacent to an activating group) is 1. The van der Waals surface area contributed by atoms with Crippen LogP contribution in [0.1, 0.15) is 25.7 Å². The van der Waals surface area contributed by atoms with Gasteiger partial charge in [0.25, 0.3) is 0 Å². The minimum Gasteiger partial charge on any atom is -0.497 e. The van der Waals surface area contributed by atoms with Crippen LogP contribution in [0.5, 0.6) is 5.75 Å². The first kappa shape index (κ1) is 14.7. The van der Waals surface area contributed by atoms with E-state index < -0.39 is 0 Å². The van der Waals surface area contributed by atoms with Gasteiger partial charge in [-0.3, -0.25) is 0 Å². The Labute approximate surface area is 120 Å². The molecule has 1 aliphatic carbocycles. The Morgan fingerprint density at radius 1 is 1.45 bits per heavy atom. The van der Waals surface area contributed by atoms with Crippen molar-refractivity contribution in [3.8, 4) is 5.75 Å². The van der Waals surface area contributed by atoms with Crippen molar-refractivity contribution in [2.45, 2.75) is 31.2 Å². The molecule has 0 spiro atoms. The molecule has 0 radical (unpaired) electrons. The molecule has 0 saturated heterocycles. The molecule has 1 aliphatic rings. The predicted octanol–water partition coefficient (Wildman–Crippen LogP) is 2.43. The van der Waals surface area contributed by atoms with E-state index in [4.69, 9.17) is 10.5 Å². The molecular weight excluding hydrogens is 254 g/mol. The molecule has 0 heterocycles. The largest absolute Gasteiger partial charge is 0.497 e. The number of nitrogens with two attached hydrogens (primary N) is 1. The third kappa shape index (κ3) is 2.88. The van der Waals surface area contributed by atoms with Gasteiger partial charge < -0.3 is 20.7 Å². The molecule has 0 atom stereocenters. The van der Waals surface area contributed by atoms with Crippen molar-refractivity contribution in [1.82, 2.24) is 4.90 Å². The standard InChI is InChI=1S/C15H23N3O2/c1-18(15(11-16)8-3-4-9-15)14(19)17-12-6-5-7-13(10-12)20-2/h5-7,10H,3-4,8-9,11,16H2,1-2H3,(H,17,19). The van der Waals surface area contributed by atoms with E-state index in [0.717, 1.165) is 37.1 Å². The van der Waals surface area contributed by atoms with Gasteiger partial charge in [0.15, 0.2) is 0 Å². The number of nitrogens with one attached hydrogen (secondary N) is 1. The molecule has 1 aromatic carbocycles. The molecule has 1 fully saturated rings. The van der Waals surface area contributed by atoms with E-state index in [-0.39, 0.29) is 11.6 Å². The molecule has 3 N–H and O–H groups in total. The zero-order chi connectivity index (χ0) is 14.6. The average Bonchev–Trinajstić information content (AvgIpc) is 2.96. The van der Waals surface area contributed by atoms with Crippen molar-refractivity contribution in [3.63, 3.8) is 0 Å². The molecule has 2 amide bonds. The van der Waals surface area contributed by atoms with Crippen LogP contribution in [0.25, 0.3) is 0 Å². The van der Waals surface area contributed by atoms with Gasteiger partial charge in [0, 0.05) is 25.3 Å². The minimum absolute atomic E-state index is 0.120. The van der Waals surface area contributed by atoms with Crippen molar-refractivity contribution in [2.24, 2.45) is 5.73 Å². The summed E-state index contributed by atoms with van der Waals surface area (Å²) < 4.78 is 5.15. The second kappa shape index (κ2) is 6.13. The fourth-order valence-electron chi connectivity index (χ4n) is 2.83. The van der Waals surface area contributed by atoms with Crippen molar-refractivity contribution >= 4 is 11.7 Å². The van der Waals surface area contributed by atoms with Crippen LogP contribution in [-0.4, -0.2) is 37.2 Å². The number of hydrogen-bond acceptors (Lipinski definition) is 3. The molecule has 0 unspecified atom stereocenters. The van der Waals surface area contributed by atoms with Gasteiger partial charge in [0.1, 0.15) is 5.75 Å². The van der Waals surface area contributed by atoms with Gasteiger partial charge >= 0.3 is 6.03 Å². The van der Waals surface area contributed by atoms with Gasteiger partial charge in [0.05, 0.1) is 12.6 Å². The summed E-state index contributed by atoms with van der Waals surface area (Å²) in [5.74, 6) is 0.722. The lowest BCUT2D eigenvalue weighted by molar-refractivity contribution is 0.152. The van der Waals surface area contributed by atoms with Crippen LogP contribution in [0.3, 0.4) is 0 Å². The Morgan fingerprint density at radius 3 is 2.75 bits per heavy atom. The summed E-state index contributed by atoms with van der Waals surface area (Å²) in [4.78, 5) is 14.1. The average molecular weight is 277 g/mol. The van der Waals surface area contributed by atoms with Gasteiger partial charge in [-0.2, -0.15) is 0 Å². The Hall–Kier alpha value is -1.75. The topological polar surface area (TPSA) is 67.6 Å². The van der Waals surface area contributed by atoms with Crippen molar-refractivity contribution in [1.29, 1.82) is 0 Å². The highest BCUT2D eigenvalue weighted by atomic mass is 16.5. The molecule has 1 aromatic rings. The summed E-state index contributed by atoms with van der Waals surface area (Å²) >= 11 is 0. The van der Waals surface area contributed by atoms with Crippen LogP contribution in [0, 0.1) is 0 Å². The number of methoxy groups -OCH3 is 1. The van der Waals surface area contributed by atoms with Gasteiger partial charge in [-0.1, -0.05) is 18.9 Å². The Balaban J connectivity index is 2.07. The van der Waals surface area contributed by atoms with Crippen LogP contribution >= 0.6 is 0 Å². The smallest absolute Gasteiger partial charge is 0.322 e. The van der Waals surface area contributed by atoms with Gasteiger partial charge in [-0.15, -0.1) is 0 Å². The zero-order valence-electron chi connectivity index (χ0n) is 12.2. The van der Waals surface area contributed by atoms with Crippen LogP contribution < -0.4 is 15.8 Å². The molecule has 5 heteroatoms. The summed E-state index contributed by atoms with van der Waals surface area (Å²) in [5.41, 5.74) is 6.44. The van der Waals surface area contributed by atoms with E-state index in [1.165, 1.54) is 0 Å². The van der Waals surface area contributed by atoms with Crippen LogP contribution in [0.4, 0.5) is 10.5 Å². The lowest BCUT2D eigenvalue weighted by Gasteiger charge is -2.37. The summed E-state index contributed by atoms with van der Waals surface area (Å²) in [7, 11) is 3.43. The molecular formula is C15H23N3O2. The van der Waals surface area contributed by atoms with E-state index >= 15 is 0 Å². The second-order valence-electron chi connectivity index (χ2n) is 5.36. The maximum Gasteiger partial charge on any atom is 0.322 e. The van der Waals surface area contributed by atoms with Crippen LogP contribution in [-0.2, 0) is 0 Å². The molecule has 110 valence electrons. The number of hydrogen-bond donors (Lipinski definition) is 2. The highest BCUT2D eigenvalue weighted by Gasteiger charge is 2.38. The molecule has 0 aromatic heterocycles. The van der Waals surface area contributed by atoms with Gasteiger partial charge in [0.2, 0.25) is 0 Å². The van der Waals surface area contributed by atoms with Gasteiger partial charge in [-0.05, 0) is 25.0 Å². The second-order valence-corrected chi connectivity index (χ2v) is 5.36. The lowest BCUT2D eigenvalue weighted by atomic mass is 9.96. The highest BCUT2D eigenvalue weighted by Crippen LogP contribution is 2.34. The normalized spacial score (nSPS) is 16.8. The first-order valence-electron chi connectivity index (χ1n) is 7.00. The number of ether oxygens (including phenoxy) is 1. The summed E-state index contributed by atoms with van der Waals surface area (Å²) in [5, 5.41) is 2.90. The Bertz CT molecular complexity index is 470. The lowest BCUT2D eigenvalue weighted by Crippen LogP contribution is -2.53. The molecule has 20 heavy (non-hydrogen) atoms. The highest BCUT2D eigenvalue weighted by molar-refractivity contribution is 5.90. The summed E-state index contributed by atoms with van der Waals surface area (Å²) in [6, 6.07) is 7.22. The third-order valence-corrected chi connectivity index (χ3v) is 4.25. The summed E-state index contributed by atoms with van der Waals surface area (Å²) in [6.07, 6.45) is 4.22. The quantitative estimate of drug-likeness (QED) is 0.888. The zero-order valence-corrected chi connectivity index (χ0v) is 12.2. The van der Waals surface area contributed by atoms with E-state index in [9.17, 15) is 4.79 Å². The fraction of sp³-hybridized carbons (Fsp3) is 0.533. The number of nitrogens with zero attached hydrogens (tertiary/aromatic N) is 1. The maximum absolute atomic E-state index is 12.4.